The molecule has 2 aliphatic heterocycles. The first-order valence-corrected chi connectivity index (χ1v) is 10.4. The van der Waals surface area contributed by atoms with Gasteiger partial charge >= 0.3 is 0 Å². The third kappa shape index (κ3) is 3.32. The Hall–Kier alpha value is -2.71. The zero-order valence-electron chi connectivity index (χ0n) is 15.9. The molecule has 2 heterocycles. The lowest BCUT2D eigenvalue weighted by Gasteiger charge is -2.11. The van der Waals surface area contributed by atoms with E-state index in [4.69, 9.17) is 0 Å². The molecule has 0 saturated carbocycles. The summed E-state index contributed by atoms with van der Waals surface area (Å²) in [6, 6.07) is 11.0. The molecule has 6 nitrogen and oxygen atoms in total. The summed E-state index contributed by atoms with van der Waals surface area (Å²) in [7, 11) is 0. The van der Waals surface area contributed by atoms with Gasteiger partial charge in [-0.05, 0) is 61.0 Å². The summed E-state index contributed by atoms with van der Waals surface area (Å²) in [4.78, 5) is 43.7. The van der Waals surface area contributed by atoms with Gasteiger partial charge < -0.3 is 5.32 Å². The summed E-state index contributed by atoms with van der Waals surface area (Å²) in [6.45, 7) is 5.29. The number of halogens is 1. The molecule has 4 rings (SSSR count). The number of benzene rings is 2. The normalized spacial score (nSPS) is 19.7. The van der Waals surface area contributed by atoms with Gasteiger partial charge in [-0.15, -0.1) is 0 Å². The Morgan fingerprint density at radius 2 is 1.93 bits per heavy atom. The molecular weight excluding hydrogens is 454 g/mol. The maximum atomic E-state index is 13.0. The van der Waals surface area contributed by atoms with Gasteiger partial charge in [0.25, 0.3) is 11.8 Å². The average Bonchev–Trinajstić information content (AvgIpc) is 3.14. The fourth-order valence-electron chi connectivity index (χ4n) is 3.28. The largest absolute Gasteiger partial charge is 0.300 e. The highest BCUT2D eigenvalue weighted by Gasteiger charge is 2.41. The number of amidine groups is 1. The van der Waals surface area contributed by atoms with Crippen LogP contribution in [0.3, 0.4) is 0 Å². The number of imide groups is 1. The van der Waals surface area contributed by atoms with E-state index in [1.807, 2.05) is 32.0 Å². The number of fused-ring (bicyclic) bond motifs is 1. The van der Waals surface area contributed by atoms with Gasteiger partial charge in [-0.3, -0.25) is 14.4 Å². The number of anilines is 1. The van der Waals surface area contributed by atoms with E-state index in [2.05, 4.69) is 26.2 Å². The van der Waals surface area contributed by atoms with E-state index >= 15 is 0 Å². The molecule has 0 spiro atoms. The number of carbonyl (C=O) groups is 3. The minimum absolute atomic E-state index is 0.213. The van der Waals surface area contributed by atoms with Crippen LogP contribution in [0.15, 0.2) is 50.8 Å². The number of hydrogen-bond donors (Lipinski definition) is 1. The van der Waals surface area contributed by atoms with Crippen molar-refractivity contribution in [2.24, 2.45) is 4.99 Å². The molecule has 3 amide bonds. The summed E-state index contributed by atoms with van der Waals surface area (Å²) in [5.41, 5.74) is 4.11. The van der Waals surface area contributed by atoms with Crippen molar-refractivity contribution in [2.75, 3.05) is 4.90 Å². The van der Waals surface area contributed by atoms with Gasteiger partial charge in [-0.1, -0.05) is 28.1 Å². The Morgan fingerprint density at radius 1 is 1.17 bits per heavy atom. The molecule has 0 atom stereocenters. The second-order valence-corrected chi connectivity index (χ2v) is 8.63. The van der Waals surface area contributed by atoms with Crippen molar-refractivity contribution in [1.82, 2.24) is 5.32 Å². The number of aryl methyl sites for hydroxylation is 1. The number of carbonyl (C=O) groups excluding carboxylic acids is 3. The van der Waals surface area contributed by atoms with Crippen LogP contribution in [0.25, 0.3) is 5.57 Å². The van der Waals surface area contributed by atoms with E-state index in [1.54, 1.807) is 18.2 Å². The molecule has 8 heteroatoms. The highest BCUT2D eigenvalue weighted by molar-refractivity contribution is 9.10. The molecule has 2 aromatic carbocycles. The lowest BCUT2D eigenvalue weighted by atomic mass is 10.1. The van der Waals surface area contributed by atoms with Crippen LogP contribution in [0.5, 0.6) is 0 Å². The second kappa shape index (κ2) is 7.27. The molecule has 2 aromatic rings. The van der Waals surface area contributed by atoms with Crippen LogP contribution >= 0.6 is 27.7 Å². The number of rotatable bonds is 1. The molecule has 1 saturated heterocycles. The lowest BCUT2D eigenvalue weighted by molar-refractivity contribution is -0.122. The summed E-state index contributed by atoms with van der Waals surface area (Å²) in [5.74, 6) is -1.31. The molecular formula is C21H16BrN3O3S. The molecule has 1 N–H and O–H groups in total. The van der Waals surface area contributed by atoms with Crippen molar-refractivity contribution in [3.8, 4) is 0 Å². The molecule has 2 aliphatic rings. The van der Waals surface area contributed by atoms with Gasteiger partial charge in [0.1, 0.15) is 0 Å². The van der Waals surface area contributed by atoms with E-state index in [0.29, 0.717) is 16.4 Å². The Morgan fingerprint density at radius 3 is 2.66 bits per heavy atom. The van der Waals surface area contributed by atoms with Gasteiger partial charge in [0.2, 0.25) is 5.91 Å². The molecule has 0 aliphatic carbocycles. The topological polar surface area (TPSA) is 78.8 Å². The van der Waals surface area contributed by atoms with E-state index in [1.165, 1.54) is 6.92 Å². The molecule has 29 heavy (non-hydrogen) atoms. The standard InChI is InChI=1S/C21H16BrN3O3S/c1-10-5-4-6-15(11(10)2)23-21-24-19(27)18(29-21)17-14-9-13(22)7-8-16(14)25(12(3)26)20(17)28/h4-9H,1-3H3,(H,23,24,27)/b18-17-. The molecule has 0 unspecified atom stereocenters. The minimum atomic E-state index is -0.503. The molecule has 1 fully saturated rings. The van der Waals surface area contributed by atoms with Crippen molar-refractivity contribution in [1.29, 1.82) is 0 Å². The number of nitrogens with zero attached hydrogens (tertiary/aromatic N) is 2. The quantitative estimate of drug-likeness (QED) is 0.634. The summed E-state index contributed by atoms with van der Waals surface area (Å²) in [5, 5.41) is 3.13. The third-order valence-corrected chi connectivity index (χ3v) is 6.32. The van der Waals surface area contributed by atoms with Gasteiger partial charge in [0.05, 0.1) is 21.9 Å². The zero-order valence-corrected chi connectivity index (χ0v) is 18.3. The molecule has 146 valence electrons. The van der Waals surface area contributed by atoms with Gasteiger partial charge in [-0.25, -0.2) is 9.89 Å². The van der Waals surface area contributed by atoms with Crippen LogP contribution in [0.4, 0.5) is 11.4 Å². The van der Waals surface area contributed by atoms with E-state index in [-0.39, 0.29) is 10.5 Å². The minimum Gasteiger partial charge on any atom is -0.300 e. The first-order chi connectivity index (χ1) is 13.8. The fraction of sp³-hybridized carbons (Fsp3) is 0.143. The summed E-state index contributed by atoms with van der Waals surface area (Å²) in [6.07, 6.45) is 0. The zero-order chi connectivity index (χ0) is 20.9. The molecule has 0 aromatic heterocycles. The van der Waals surface area contributed by atoms with Crippen LogP contribution in [0.1, 0.15) is 23.6 Å². The molecule has 0 bridgehead atoms. The number of amides is 3. The van der Waals surface area contributed by atoms with Crippen LogP contribution in [0, 0.1) is 13.8 Å². The third-order valence-electron chi connectivity index (χ3n) is 4.85. The van der Waals surface area contributed by atoms with E-state index < -0.39 is 17.7 Å². The van der Waals surface area contributed by atoms with Crippen molar-refractivity contribution in [3.05, 3.63) is 62.5 Å². The second-order valence-electron chi connectivity index (χ2n) is 6.72. The first-order valence-electron chi connectivity index (χ1n) is 8.81. The Balaban J connectivity index is 1.82. The number of thioether (sulfide) groups is 1. The number of hydrogen-bond acceptors (Lipinski definition) is 5. The molecule has 0 radical (unpaired) electrons. The first kappa shape index (κ1) is 19.6. The van der Waals surface area contributed by atoms with Crippen LogP contribution < -0.4 is 10.2 Å². The lowest BCUT2D eigenvalue weighted by Crippen LogP contribution is -2.31. The number of nitrogens with one attached hydrogen (secondary N) is 1. The van der Waals surface area contributed by atoms with Crippen molar-refractivity contribution >= 4 is 67.5 Å². The number of aliphatic imine (C=N–C) groups is 1. The Bertz CT molecular complexity index is 1170. The summed E-state index contributed by atoms with van der Waals surface area (Å²) >= 11 is 4.50. The highest BCUT2D eigenvalue weighted by atomic mass is 79.9. The highest BCUT2D eigenvalue weighted by Crippen LogP contribution is 2.44. The smallest absolute Gasteiger partial charge is 0.267 e. The van der Waals surface area contributed by atoms with Crippen LogP contribution in [0.2, 0.25) is 0 Å². The Kier molecular flexibility index (Phi) is 4.92. The fourth-order valence-corrected chi connectivity index (χ4v) is 4.56. The van der Waals surface area contributed by atoms with E-state index in [9.17, 15) is 14.4 Å². The SMILES string of the molecule is CC(=O)N1C(=O)/C(=C2\SC(=Nc3cccc(C)c3C)NC2=O)c2cc(Br)ccc21. The monoisotopic (exact) mass is 469 g/mol. The van der Waals surface area contributed by atoms with E-state index in [0.717, 1.165) is 37.9 Å². The van der Waals surface area contributed by atoms with Crippen molar-refractivity contribution in [3.63, 3.8) is 0 Å². The predicted molar refractivity (Wildman–Crippen MR) is 118 cm³/mol. The Labute approximate surface area is 180 Å². The van der Waals surface area contributed by atoms with Crippen LogP contribution in [-0.4, -0.2) is 22.9 Å². The van der Waals surface area contributed by atoms with Gasteiger partial charge in [0.15, 0.2) is 5.17 Å². The maximum Gasteiger partial charge on any atom is 0.267 e. The van der Waals surface area contributed by atoms with Gasteiger partial charge in [0, 0.05) is 17.0 Å². The van der Waals surface area contributed by atoms with Crippen molar-refractivity contribution < 1.29 is 14.4 Å². The van der Waals surface area contributed by atoms with Crippen LogP contribution in [-0.2, 0) is 14.4 Å². The maximum absolute atomic E-state index is 13.0. The predicted octanol–water partition coefficient (Wildman–Crippen LogP) is 4.22. The van der Waals surface area contributed by atoms with Crippen molar-refractivity contribution in [2.45, 2.75) is 20.8 Å². The van der Waals surface area contributed by atoms with Gasteiger partial charge in [-0.2, -0.15) is 0 Å². The average molecular weight is 470 g/mol. The summed E-state index contributed by atoms with van der Waals surface area (Å²) < 4.78 is 0.750.